The molecule has 4 nitrogen and oxygen atoms in total. The lowest BCUT2D eigenvalue weighted by molar-refractivity contribution is 0.0480. The molecule has 1 aromatic rings. The van der Waals surface area contributed by atoms with Gasteiger partial charge in [-0.3, -0.25) is 0 Å². The lowest BCUT2D eigenvalue weighted by atomic mass is 10.2. The van der Waals surface area contributed by atoms with Gasteiger partial charge >= 0.3 is 0 Å². The number of ether oxygens (including phenoxy) is 3. The van der Waals surface area contributed by atoms with Gasteiger partial charge in [0.15, 0.2) is 11.5 Å². The summed E-state index contributed by atoms with van der Waals surface area (Å²) in [6.45, 7) is 3.99. The molecule has 1 aliphatic heterocycles. The number of rotatable bonds is 6. The van der Waals surface area contributed by atoms with Crippen molar-refractivity contribution in [2.45, 2.75) is 26.1 Å². The fourth-order valence-corrected chi connectivity index (χ4v) is 1.70. The Morgan fingerprint density at radius 3 is 3.00 bits per heavy atom. The average Bonchev–Trinajstić information content (AvgIpc) is 2.81. The highest BCUT2D eigenvalue weighted by atomic mass is 16.7. The van der Waals surface area contributed by atoms with Crippen LogP contribution in [-0.4, -0.2) is 26.5 Å². The van der Waals surface area contributed by atoms with Gasteiger partial charge in [0, 0.05) is 0 Å². The van der Waals surface area contributed by atoms with Crippen LogP contribution in [0, 0.1) is 0 Å². The summed E-state index contributed by atoms with van der Waals surface area (Å²) in [5.41, 5.74) is 1.12. The highest BCUT2D eigenvalue weighted by Gasteiger charge is 2.13. The van der Waals surface area contributed by atoms with Crippen LogP contribution in [0.25, 0.3) is 0 Å². The molecular formula is C13H19NO3. The monoisotopic (exact) mass is 237 g/mol. The second kappa shape index (κ2) is 5.89. The van der Waals surface area contributed by atoms with E-state index in [9.17, 15) is 0 Å². The SMILES string of the molecule is CNCCC(C)OCc1ccc2c(c1)OCO2. The number of hydrogen-bond acceptors (Lipinski definition) is 4. The molecule has 17 heavy (non-hydrogen) atoms. The molecule has 1 atom stereocenters. The number of nitrogens with one attached hydrogen (secondary N) is 1. The third kappa shape index (κ3) is 3.35. The smallest absolute Gasteiger partial charge is 0.231 e. The van der Waals surface area contributed by atoms with E-state index in [2.05, 4.69) is 12.2 Å². The van der Waals surface area contributed by atoms with Gasteiger partial charge in [-0.25, -0.2) is 0 Å². The van der Waals surface area contributed by atoms with Gasteiger partial charge < -0.3 is 19.5 Å². The normalized spacial score (nSPS) is 14.9. The minimum atomic E-state index is 0.257. The maximum Gasteiger partial charge on any atom is 0.231 e. The molecule has 94 valence electrons. The molecule has 1 N–H and O–H groups in total. The maximum atomic E-state index is 5.75. The predicted octanol–water partition coefficient (Wildman–Crippen LogP) is 1.93. The van der Waals surface area contributed by atoms with E-state index in [0.29, 0.717) is 13.4 Å². The number of benzene rings is 1. The standard InChI is InChI=1S/C13H19NO3/c1-10(5-6-14-2)15-8-11-3-4-12-13(7-11)17-9-16-12/h3-4,7,10,14H,5-6,8-9H2,1-2H3. The molecule has 0 radical (unpaired) electrons. The Balaban J connectivity index is 1.83. The van der Waals surface area contributed by atoms with Crippen molar-refractivity contribution in [3.05, 3.63) is 23.8 Å². The largest absolute Gasteiger partial charge is 0.454 e. The van der Waals surface area contributed by atoms with E-state index in [1.165, 1.54) is 0 Å². The Hall–Kier alpha value is -1.26. The van der Waals surface area contributed by atoms with Crippen LogP contribution in [0.5, 0.6) is 11.5 Å². The molecule has 0 saturated carbocycles. The molecule has 1 heterocycles. The fourth-order valence-electron chi connectivity index (χ4n) is 1.70. The predicted molar refractivity (Wildman–Crippen MR) is 65.4 cm³/mol. The fraction of sp³-hybridized carbons (Fsp3) is 0.538. The second-order valence-corrected chi connectivity index (χ2v) is 4.20. The van der Waals surface area contributed by atoms with E-state index < -0.39 is 0 Å². The lowest BCUT2D eigenvalue weighted by Crippen LogP contribution is -2.17. The highest BCUT2D eigenvalue weighted by Crippen LogP contribution is 2.32. The van der Waals surface area contributed by atoms with Crippen LogP contribution in [0.4, 0.5) is 0 Å². The summed E-state index contributed by atoms with van der Waals surface area (Å²) in [7, 11) is 1.95. The Morgan fingerprint density at radius 1 is 1.35 bits per heavy atom. The molecule has 4 heteroatoms. The third-order valence-electron chi connectivity index (χ3n) is 2.77. The minimum Gasteiger partial charge on any atom is -0.454 e. The molecule has 0 saturated heterocycles. The van der Waals surface area contributed by atoms with Crippen LogP contribution in [0.2, 0.25) is 0 Å². The highest BCUT2D eigenvalue weighted by molar-refractivity contribution is 5.44. The third-order valence-corrected chi connectivity index (χ3v) is 2.77. The first-order valence-corrected chi connectivity index (χ1v) is 5.94. The van der Waals surface area contributed by atoms with Crippen LogP contribution in [0.1, 0.15) is 18.9 Å². The Morgan fingerprint density at radius 2 is 2.18 bits per heavy atom. The first kappa shape index (κ1) is 12.2. The van der Waals surface area contributed by atoms with Crippen molar-refractivity contribution >= 4 is 0 Å². The molecule has 0 aliphatic carbocycles. The van der Waals surface area contributed by atoms with E-state index in [-0.39, 0.29) is 6.10 Å². The molecule has 0 fully saturated rings. The van der Waals surface area contributed by atoms with E-state index >= 15 is 0 Å². The summed E-state index contributed by atoms with van der Waals surface area (Å²) < 4.78 is 16.3. The quantitative estimate of drug-likeness (QED) is 0.820. The van der Waals surface area contributed by atoms with Gasteiger partial charge in [-0.15, -0.1) is 0 Å². The first-order valence-electron chi connectivity index (χ1n) is 5.94. The van der Waals surface area contributed by atoms with Crippen LogP contribution < -0.4 is 14.8 Å². The topological polar surface area (TPSA) is 39.7 Å². The average molecular weight is 237 g/mol. The molecule has 1 unspecified atom stereocenters. The summed E-state index contributed by atoms with van der Waals surface area (Å²) in [4.78, 5) is 0. The minimum absolute atomic E-state index is 0.257. The van der Waals surface area contributed by atoms with Gasteiger partial charge in [0.1, 0.15) is 0 Å². The van der Waals surface area contributed by atoms with E-state index in [0.717, 1.165) is 30.0 Å². The van der Waals surface area contributed by atoms with E-state index in [4.69, 9.17) is 14.2 Å². The Bertz CT molecular complexity index is 368. The summed E-state index contributed by atoms with van der Waals surface area (Å²) in [6, 6.07) is 5.92. The molecule has 0 aromatic heterocycles. The molecule has 1 aliphatic rings. The van der Waals surface area contributed by atoms with Crippen molar-refractivity contribution in [3.63, 3.8) is 0 Å². The zero-order chi connectivity index (χ0) is 12.1. The van der Waals surface area contributed by atoms with Crippen molar-refractivity contribution in [2.75, 3.05) is 20.4 Å². The van der Waals surface area contributed by atoms with Gasteiger partial charge in [-0.05, 0) is 44.6 Å². The Labute approximate surface area is 102 Å². The number of fused-ring (bicyclic) bond motifs is 1. The summed E-state index contributed by atoms with van der Waals surface area (Å²) in [6.07, 6.45) is 1.27. The van der Waals surface area contributed by atoms with Crippen LogP contribution in [0.3, 0.4) is 0 Å². The molecule has 2 rings (SSSR count). The van der Waals surface area contributed by atoms with Gasteiger partial charge in [0.2, 0.25) is 6.79 Å². The summed E-state index contributed by atoms with van der Waals surface area (Å²) >= 11 is 0. The van der Waals surface area contributed by atoms with Gasteiger partial charge in [-0.1, -0.05) is 6.07 Å². The van der Waals surface area contributed by atoms with Gasteiger partial charge in [-0.2, -0.15) is 0 Å². The van der Waals surface area contributed by atoms with Gasteiger partial charge in [0.25, 0.3) is 0 Å². The van der Waals surface area contributed by atoms with Crippen molar-refractivity contribution in [1.82, 2.24) is 5.32 Å². The van der Waals surface area contributed by atoms with Crippen molar-refractivity contribution in [2.24, 2.45) is 0 Å². The zero-order valence-electron chi connectivity index (χ0n) is 10.4. The van der Waals surface area contributed by atoms with Crippen LogP contribution in [0.15, 0.2) is 18.2 Å². The molecule has 1 aromatic carbocycles. The zero-order valence-corrected chi connectivity index (χ0v) is 10.4. The lowest BCUT2D eigenvalue weighted by Gasteiger charge is -2.12. The molecular weight excluding hydrogens is 218 g/mol. The molecule has 0 amide bonds. The van der Waals surface area contributed by atoms with Crippen LogP contribution >= 0.6 is 0 Å². The van der Waals surface area contributed by atoms with Crippen LogP contribution in [-0.2, 0) is 11.3 Å². The van der Waals surface area contributed by atoms with E-state index in [1.807, 2.05) is 25.2 Å². The van der Waals surface area contributed by atoms with E-state index in [1.54, 1.807) is 0 Å². The van der Waals surface area contributed by atoms with Crippen molar-refractivity contribution < 1.29 is 14.2 Å². The van der Waals surface area contributed by atoms with Crippen molar-refractivity contribution in [1.29, 1.82) is 0 Å². The first-order chi connectivity index (χ1) is 8.29. The second-order valence-electron chi connectivity index (χ2n) is 4.20. The van der Waals surface area contributed by atoms with Crippen molar-refractivity contribution in [3.8, 4) is 11.5 Å². The summed E-state index contributed by atoms with van der Waals surface area (Å²) in [5.74, 6) is 1.63. The van der Waals surface area contributed by atoms with Gasteiger partial charge in [0.05, 0.1) is 12.7 Å². The molecule has 0 bridgehead atoms. The number of hydrogen-bond donors (Lipinski definition) is 1. The summed E-state index contributed by atoms with van der Waals surface area (Å²) in [5, 5.41) is 3.11. The maximum absolute atomic E-state index is 5.75. The Kier molecular flexibility index (Phi) is 4.23. The molecule has 0 spiro atoms.